The number of thioether (sulfide) groups is 1. The molecule has 0 N–H and O–H groups in total. The van der Waals surface area contributed by atoms with E-state index in [2.05, 4.69) is 6.58 Å². The van der Waals surface area contributed by atoms with E-state index in [1.54, 1.807) is 6.08 Å². The normalized spacial score (nSPS) is 29.1. The van der Waals surface area contributed by atoms with Crippen LogP contribution in [0.1, 0.15) is 20.8 Å². The minimum Gasteiger partial charge on any atom is -0.458 e. The monoisotopic (exact) mass is 302 g/mol. The first-order valence-corrected chi connectivity index (χ1v) is 7.15. The molecule has 0 aliphatic carbocycles. The van der Waals surface area contributed by atoms with Crippen LogP contribution >= 0.6 is 11.8 Å². The van der Waals surface area contributed by atoms with Crippen LogP contribution in [0.2, 0.25) is 0 Å². The van der Waals surface area contributed by atoms with Crippen LogP contribution in [0.5, 0.6) is 0 Å². The fraction of sp³-hybridized carbons (Fsp3) is 0.615. The summed E-state index contributed by atoms with van der Waals surface area (Å²) in [7, 11) is 0. The Bertz CT molecular complexity index is 408. The van der Waals surface area contributed by atoms with Gasteiger partial charge in [0.1, 0.15) is 0 Å². The molecule has 0 spiro atoms. The van der Waals surface area contributed by atoms with E-state index < -0.39 is 36.2 Å². The lowest BCUT2D eigenvalue weighted by atomic mass is 10.0. The van der Waals surface area contributed by atoms with E-state index in [-0.39, 0.29) is 5.25 Å². The molecule has 0 saturated carbocycles. The first-order valence-electron chi connectivity index (χ1n) is 6.11. The number of carbonyl (C=O) groups excluding carboxylic acids is 3. The van der Waals surface area contributed by atoms with E-state index >= 15 is 0 Å². The second-order valence-corrected chi connectivity index (χ2v) is 5.54. The highest BCUT2D eigenvalue weighted by Crippen LogP contribution is 2.32. The minimum atomic E-state index is -0.829. The van der Waals surface area contributed by atoms with Crippen LogP contribution < -0.4 is 0 Å². The molecule has 0 bridgehead atoms. The van der Waals surface area contributed by atoms with Gasteiger partial charge in [-0.1, -0.05) is 6.08 Å². The Morgan fingerprint density at radius 2 is 1.50 bits per heavy atom. The second kappa shape index (κ2) is 7.33. The van der Waals surface area contributed by atoms with Gasteiger partial charge in [-0.15, -0.1) is 18.3 Å². The second-order valence-electron chi connectivity index (χ2n) is 4.33. The number of hydrogen-bond donors (Lipinski definition) is 0. The Labute approximate surface area is 121 Å². The SMILES string of the molecule is C=CC1SC[C@@H](OC(C)=O)[C@H](OC(C)=O)[C@H]1OC(C)=O. The van der Waals surface area contributed by atoms with Crippen LogP contribution in [-0.4, -0.2) is 47.2 Å². The molecule has 0 aromatic heterocycles. The molecule has 1 aliphatic rings. The smallest absolute Gasteiger partial charge is 0.303 e. The van der Waals surface area contributed by atoms with Crippen molar-refractivity contribution in [2.45, 2.75) is 44.3 Å². The van der Waals surface area contributed by atoms with Crippen molar-refractivity contribution in [3.8, 4) is 0 Å². The third-order valence-electron chi connectivity index (χ3n) is 2.62. The Kier molecular flexibility index (Phi) is 6.06. The molecule has 1 fully saturated rings. The molecule has 1 heterocycles. The first-order chi connectivity index (χ1) is 9.35. The molecule has 20 heavy (non-hydrogen) atoms. The molecule has 112 valence electrons. The van der Waals surface area contributed by atoms with Crippen LogP contribution in [0, 0.1) is 0 Å². The van der Waals surface area contributed by atoms with Gasteiger partial charge in [0.25, 0.3) is 0 Å². The van der Waals surface area contributed by atoms with Crippen LogP contribution in [0.4, 0.5) is 0 Å². The van der Waals surface area contributed by atoms with E-state index in [9.17, 15) is 14.4 Å². The van der Waals surface area contributed by atoms with Crippen molar-refractivity contribution in [1.82, 2.24) is 0 Å². The largest absolute Gasteiger partial charge is 0.458 e. The Hall–Kier alpha value is -1.50. The Morgan fingerprint density at radius 1 is 1.00 bits per heavy atom. The molecule has 6 nitrogen and oxygen atoms in total. The van der Waals surface area contributed by atoms with Gasteiger partial charge in [0, 0.05) is 26.5 Å². The summed E-state index contributed by atoms with van der Waals surface area (Å²) in [5.41, 5.74) is 0. The van der Waals surface area contributed by atoms with Crippen molar-refractivity contribution in [3.05, 3.63) is 12.7 Å². The number of ether oxygens (including phenoxy) is 3. The van der Waals surface area contributed by atoms with E-state index in [4.69, 9.17) is 14.2 Å². The molecule has 0 amide bonds. The van der Waals surface area contributed by atoms with Gasteiger partial charge in [0.05, 0.1) is 5.25 Å². The standard InChI is InChI=1S/C13H18O6S/c1-5-11-13(19-9(4)16)12(18-8(3)15)10(6-20-11)17-7(2)14/h5,10-13H,1,6H2,2-4H3/t10-,11?,12+,13+/m1/s1. The zero-order valence-corrected chi connectivity index (χ0v) is 12.5. The zero-order valence-electron chi connectivity index (χ0n) is 11.7. The van der Waals surface area contributed by atoms with Gasteiger partial charge < -0.3 is 14.2 Å². The van der Waals surface area contributed by atoms with Gasteiger partial charge in [0.2, 0.25) is 0 Å². The third kappa shape index (κ3) is 4.56. The van der Waals surface area contributed by atoms with Gasteiger partial charge in [-0.2, -0.15) is 0 Å². The van der Waals surface area contributed by atoms with E-state index in [1.165, 1.54) is 32.5 Å². The highest BCUT2D eigenvalue weighted by molar-refractivity contribution is 8.00. The lowest BCUT2D eigenvalue weighted by Gasteiger charge is -2.39. The molecule has 1 unspecified atom stereocenters. The number of rotatable bonds is 4. The summed E-state index contributed by atoms with van der Waals surface area (Å²) in [6, 6.07) is 0. The minimum absolute atomic E-state index is 0.227. The summed E-state index contributed by atoms with van der Waals surface area (Å²) in [5.74, 6) is -1.07. The van der Waals surface area contributed by atoms with Gasteiger partial charge in [-0.3, -0.25) is 14.4 Å². The van der Waals surface area contributed by atoms with Crippen molar-refractivity contribution >= 4 is 29.7 Å². The predicted octanol–water partition coefficient (Wildman–Crippen LogP) is 1.08. The maximum Gasteiger partial charge on any atom is 0.303 e. The molecule has 0 radical (unpaired) electrons. The van der Waals surface area contributed by atoms with Crippen molar-refractivity contribution in [1.29, 1.82) is 0 Å². The third-order valence-corrected chi connectivity index (χ3v) is 3.99. The Morgan fingerprint density at radius 3 is 1.95 bits per heavy atom. The van der Waals surface area contributed by atoms with Crippen LogP contribution in [0.15, 0.2) is 12.7 Å². The lowest BCUT2D eigenvalue weighted by Crippen LogP contribution is -2.53. The summed E-state index contributed by atoms with van der Waals surface area (Å²) in [6.45, 7) is 7.47. The maximum atomic E-state index is 11.2. The molecular formula is C13H18O6S. The van der Waals surface area contributed by atoms with E-state index in [0.29, 0.717) is 5.75 Å². The van der Waals surface area contributed by atoms with Crippen molar-refractivity contribution in [2.75, 3.05) is 5.75 Å². The molecule has 0 aromatic carbocycles. The average molecular weight is 302 g/mol. The maximum absolute atomic E-state index is 11.2. The molecule has 7 heteroatoms. The number of hydrogen-bond acceptors (Lipinski definition) is 7. The van der Waals surface area contributed by atoms with Gasteiger partial charge in [-0.25, -0.2) is 0 Å². The van der Waals surface area contributed by atoms with Crippen LogP contribution in [-0.2, 0) is 28.6 Å². The van der Waals surface area contributed by atoms with Crippen LogP contribution in [0.25, 0.3) is 0 Å². The first kappa shape index (κ1) is 16.6. The molecule has 4 atom stereocenters. The van der Waals surface area contributed by atoms with Gasteiger partial charge >= 0.3 is 17.9 Å². The van der Waals surface area contributed by atoms with Crippen molar-refractivity contribution < 1.29 is 28.6 Å². The van der Waals surface area contributed by atoms with Gasteiger partial charge in [-0.05, 0) is 0 Å². The molecule has 1 rings (SSSR count). The topological polar surface area (TPSA) is 78.9 Å². The summed E-state index contributed by atoms with van der Waals surface area (Å²) >= 11 is 1.43. The quantitative estimate of drug-likeness (QED) is 0.437. The molecule has 1 aliphatic heterocycles. The molecule has 0 aromatic rings. The summed E-state index contributed by atoms with van der Waals surface area (Å²) < 4.78 is 15.6. The van der Waals surface area contributed by atoms with Crippen LogP contribution in [0.3, 0.4) is 0 Å². The van der Waals surface area contributed by atoms with Crippen molar-refractivity contribution in [3.63, 3.8) is 0 Å². The zero-order chi connectivity index (χ0) is 15.3. The fourth-order valence-corrected chi connectivity index (χ4v) is 3.18. The average Bonchev–Trinajstić information content (AvgIpc) is 2.31. The molecule has 1 saturated heterocycles. The summed E-state index contributed by atoms with van der Waals surface area (Å²) in [5, 5.41) is -0.227. The lowest BCUT2D eigenvalue weighted by molar-refractivity contribution is -0.181. The summed E-state index contributed by atoms with van der Waals surface area (Å²) in [6.07, 6.45) is -0.581. The number of esters is 3. The highest BCUT2D eigenvalue weighted by atomic mass is 32.2. The fourth-order valence-electron chi connectivity index (χ4n) is 1.97. The number of carbonyl (C=O) groups is 3. The predicted molar refractivity (Wildman–Crippen MR) is 73.1 cm³/mol. The highest BCUT2D eigenvalue weighted by Gasteiger charge is 2.45. The van der Waals surface area contributed by atoms with E-state index in [0.717, 1.165) is 0 Å². The Balaban J connectivity index is 2.98. The summed E-state index contributed by atoms with van der Waals surface area (Å²) in [4.78, 5) is 33.6. The molecular weight excluding hydrogens is 284 g/mol. The van der Waals surface area contributed by atoms with Gasteiger partial charge in [0.15, 0.2) is 18.3 Å². The van der Waals surface area contributed by atoms with Crippen molar-refractivity contribution in [2.24, 2.45) is 0 Å². The van der Waals surface area contributed by atoms with E-state index in [1.807, 2.05) is 0 Å².